The van der Waals surface area contributed by atoms with Crippen molar-refractivity contribution >= 4 is 17.9 Å². The molecule has 3 N–H and O–H groups in total. The van der Waals surface area contributed by atoms with Crippen LogP contribution < -0.4 is 16.0 Å². The second kappa shape index (κ2) is 11.0. The van der Waals surface area contributed by atoms with Crippen molar-refractivity contribution in [1.82, 2.24) is 15.3 Å². The Morgan fingerprint density at radius 3 is 2.02 bits per heavy atom. The summed E-state index contributed by atoms with van der Waals surface area (Å²) < 4.78 is 0. The molecule has 3 aliphatic rings. The third-order valence-corrected chi connectivity index (χ3v) is 10.6. The fourth-order valence-electron chi connectivity index (χ4n) is 8.51. The Kier molecular flexibility index (Phi) is 7.96. The van der Waals surface area contributed by atoms with Crippen molar-refractivity contribution < 1.29 is 0 Å². The monoisotopic (exact) mass is 540 g/mol. The lowest BCUT2D eigenvalue weighted by molar-refractivity contribution is 0.210. The molecule has 216 valence electrons. The lowest BCUT2D eigenvalue weighted by atomic mass is 9.72. The molecule has 4 heteroatoms. The van der Waals surface area contributed by atoms with E-state index in [-0.39, 0.29) is 16.6 Å². The van der Waals surface area contributed by atoms with Gasteiger partial charge in [-0.1, -0.05) is 67.0 Å². The van der Waals surface area contributed by atoms with Crippen LogP contribution in [-0.4, -0.2) is 32.3 Å². The first-order valence-electron chi connectivity index (χ1n) is 16.2. The van der Waals surface area contributed by atoms with E-state index in [1.54, 1.807) is 5.57 Å². The highest BCUT2D eigenvalue weighted by Crippen LogP contribution is 2.51. The van der Waals surface area contributed by atoms with Gasteiger partial charge in [-0.15, -0.1) is 0 Å². The van der Waals surface area contributed by atoms with Crippen molar-refractivity contribution in [1.29, 1.82) is 0 Å². The zero-order chi connectivity index (χ0) is 28.7. The predicted octanol–water partition coefficient (Wildman–Crippen LogP) is 7.15. The average Bonchev–Trinajstić information content (AvgIpc) is 3.72. The number of hydrogen-bond acceptors (Lipinski definition) is 2. The Morgan fingerprint density at radius 2 is 1.45 bits per heavy atom. The van der Waals surface area contributed by atoms with Crippen molar-refractivity contribution in [3.8, 4) is 0 Å². The van der Waals surface area contributed by atoms with E-state index in [4.69, 9.17) is 4.99 Å². The summed E-state index contributed by atoms with van der Waals surface area (Å²) in [6.07, 6.45) is 19.1. The van der Waals surface area contributed by atoms with Crippen LogP contribution >= 0.6 is 0 Å². The minimum absolute atomic E-state index is 0.0699. The zero-order valence-corrected chi connectivity index (χ0v) is 26.4. The molecule has 3 aliphatic heterocycles. The van der Waals surface area contributed by atoms with Gasteiger partial charge in [-0.3, -0.25) is 10.3 Å². The molecular formula is C36H52N4. The second-order valence-corrected chi connectivity index (χ2v) is 12.3. The van der Waals surface area contributed by atoms with Crippen molar-refractivity contribution in [3.63, 3.8) is 0 Å². The fraction of sp³-hybridized carbons (Fsp3) is 0.583. The number of nitrogens with one attached hydrogen (secondary N) is 3. The minimum atomic E-state index is -0.175. The van der Waals surface area contributed by atoms with Crippen LogP contribution in [0.1, 0.15) is 129 Å². The first kappa shape index (κ1) is 28.9. The maximum atomic E-state index is 5.55. The van der Waals surface area contributed by atoms with E-state index in [9.17, 15) is 0 Å². The molecule has 8 bridgehead atoms. The van der Waals surface area contributed by atoms with Crippen molar-refractivity contribution in [2.24, 2.45) is 4.99 Å². The van der Waals surface area contributed by atoms with Crippen molar-refractivity contribution in [3.05, 3.63) is 68.6 Å². The van der Waals surface area contributed by atoms with E-state index in [2.05, 4.69) is 107 Å². The van der Waals surface area contributed by atoms with Crippen molar-refractivity contribution in [2.45, 2.75) is 136 Å². The lowest BCUT2D eigenvalue weighted by Crippen LogP contribution is -2.57. The molecule has 0 saturated heterocycles. The molecule has 0 radical (unpaired) electrons. The Morgan fingerprint density at radius 1 is 0.750 bits per heavy atom. The van der Waals surface area contributed by atoms with Gasteiger partial charge in [-0.2, -0.15) is 0 Å². The number of aliphatic imine (C=N–C) groups is 1. The van der Waals surface area contributed by atoms with E-state index < -0.39 is 0 Å². The van der Waals surface area contributed by atoms with Gasteiger partial charge in [0.1, 0.15) is 0 Å². The quantitative estimate of drug-likeness (QED) is 0.306. The largest absolute Gasteiger partial charge is 0.358 e. The van der Waals surface area contributed by atoms with E-state index >= 15 is 0 Å². The highest BCUT2D eigenvalue weighted by molar-refractivity contribution is 6.19. The summed E-state index contributed by atoms with van der Waals surface area (Å²) in [6, 6.07) is 4.41. The molecule has 0 amide bonds. The summed E-state index contributed by atoms with van der Waals surface area (Å²) in [5.41, 5.74) is 9.50. The first-order chi connectivity index (χ1) is 19.3. The average molecular weight is 541 g/mol. The number of rotatable bonds is 8. The van der Waals surface area contributed by atoms with E-state index in [1.165, 1.54) is 28.1 Å². The summed E-state index contributed by atoms with van der Waals surface area (Å²) in [7, 11) is 0. The number of hydrogen-bond donors (Lipinski definition) is 3. The molecule has 5 heterocycles. The smallest absolute Gasteiger partial charge is 0.0845 e. The standard InChI is InChI=1S/C36H52N4/c1-9-24-19-28-20-26-17-18-27(37-26)21-32-29(11-3)30(12-4)33(38-32)31(13-5)34(14-6)22-25(10-2)36(16-8,40-34)23-35(24,15-7)39-28/h17-22,31,37-38,40H,9-16,23H2,1-8H3. The molecule has 4 nitrogen and oxygen atoms in total. The number of aromatic amines is 2. The van der Waals surface area contributed by atoms with Crippen LogP contribution in [0.2, 0.25) is 0 Å². The molecule has 40 heavy (non-hydrogen) atoms. The second-order valence-electron chi connectivity index (χ2n) is 12.3. The Balaban J connectivity index is 1.84. The number of aromatic nitrogens is 2. The highest BCUT2D eigenvalue weighted by Gasteiger charge is 2.53. The van der Waals surface area contributed by atoms with Gasteiger partial charge >= 0.3 is 0 Å². The SMILES string of the molecule is CCC1=CC2=NC1(CC)CC1(CC)NC(CC)(C=C1CC)C(CC)c1[nH]c(c(CC)c1CC)C=c1ccc([nH]1)=C2. The lowest BCUT2D eigenvalue weighted by Gasteiger charge is -2.45. The van der Waals surface area contributed by atoms with Crippen LogP contribution in [0.25, 0.3) is 12.2 Å². The van der Waals surface area contributed by atoms with Crippen LogP contribution in [0.15, 0.2) is 40.4 Å². The van der Waals surface area contributed by atoms with E-state index in [1.807, 2.05) is 0 Å². The minimum Gasteiger partial charge on any atom is -0.358 e. The molecule has 4 atom stereocenters. The van der Waals surface area contributed by atoms with Gasteiger partial charge in [0.2, 0.25) is 0 Å². The van der Waals surface area contributed by atoms with E-state index in [0.29, 0.717) is 5.92 Å². The molecule has 0 saturated carbocycles. The summed E-state index contributed by atoms with van der Waals surface area (Å²) in [4.78, 5) is 13.2. The van der Waals surface area contributed by atoms with Crippen molar-refractivity contribution in [2.75, 3.05) is 0 Å². The van der Waals surface area contributed by atoms with Crippen LogP contribution in [0, 0.1) is 0 Å². The Hall–Kier alpha value is -2.59. The normalized spacial score (nSPS) is 29.5. The number of nitrogens with zero attached hydrogens (tertiary/aromatic N) is 1. The summed E-state index contributed by atoms with van der Waals surface area (Å²) in [5.74, 6) is 0.372. The fourth-order valence-corrected chi connectivity index (χ4v) is 8.51. The van der Waals surface area contributed by atoms with Gasteiger partial charge < -0.3 is 9.97 Å². The number of H-pyrrole nitrogens is 2. The zero-order valence-electron chi connectivity index (χ0n) is 26.4. The summed E-state index contributed by atoms with van der Waals surface area (Å²) in [6.45, 7) is 18.8. The van der Waals surface area contributed by atoms with Gasteiger partial charge in [0.15, 0.2) is 0 Å². The predicted molar refractivity (Wildman–Crippen MR) is 172 cm³/mol. The maximum absolute atomic E-state index is 5.55. The van der Waals surface area contributed by atoms with Gasteiger partial charge in [0.05, 0.1) is 11.3 Å². The third-order valence-electron chi connectivity index (χ3n) is 10.6. The summed E-state index contributed by atoms with van der Waals surface area (Å²) >= 11 is 0. The molecule has 0 aliphatic carbocycles. The number of fused-ring (bicyclic) bond motifs is 7. The summed E-state index contributed by atoms with van der Waals surface area (Å²) in [5, 5.41) is 6.70. The van der Waals surface area contributed by atoms with Gasteiger partial charge in [-0.05, 0) is 105 Å². The molecule has 2 aromatic rings. The number of allylic oxidation sites excluding steroid dienone is 1. The van der Waals surface area contributed by atoms with Crippen LogP contribution in [0.5, 0.6) is 0 Å². The topological polar surface area (TPSA) is 56.0 Å². The molecule has 0 aromatic carbocycles. The Bertz CT molecular complexity index is 1460. The maximum Gasteiger partial charge on any atom is 0.0845 e. The van der Waals surface area contributed by atoms with Gasteiger partial charge in [0.25, 0.3) is 0 Å². The first-order valence-corrected chi connectivity index (χ1v) is 16.2. The Labute approximate surface area is 242 Å². The molecular weight excluding hydrogens is 488 g/mol. The molecule has 4 unspecified atom stereocenters. The van der Waals surface area contributed by atoms with E-state index in [0.717, 1.165) is 74.2 Å². The molecule has 2 aromatic heterocycles. The molecule has 0 fully saturated rings. The molecule has 0 spiro atoms. The van der Waals surface area contributed by atoms with Gasteiger partial charge in [-0.25, -0.2) is 0 Å². The molecule has 5 rings (SSSR count). The van der Waals surface area contributed by atoms with Crippen LogP contribution in [0.4, 0.5) is 0 Å². The highest BCUT2D eigenvalue weighted by atomic mass is 15.1. The van der Waals surface area contributed by atoms with Gasteiger partial charge in [0, 0.05) is 39.1 Å². The van der Waals surface area contributed by atoms with Crippen LogP contribution in [-0.2, 0) is 12.8 Å². The third kappa shape index (κ3) is 4.42. The van der Waals surface area contributed by atoms with Crippen LogP contribution in [0.3, 0.4) is 0 Å².